The van der Waals surface area contributed by atoms with Crippen molar-refractivity contribution in [3.05, 3.63) is 0 Å². The molecule has 0 amide bonds. The van der Waals surface area contributed by atoms with E-state index in [1.54, 1.807) is 0 Å². The molecular formula is C17H37CaNS2. The molecule has 0 fully saturated rings. The zero-order valence-electron chi connectivity index (χ0n) is 16.7. The van der Waals surface area contributed by atoms with Crippen molar-refractivity contribution >= 4 is 66.0 Å². The Labute approximate surface area is 176 Å². The predicted molar refractivity (Wildman–Crippen MR) is 108 cm³/mol. The molecule has 2 atom stereocenters. The van der Waals surface area contributed by atoms with Crippen LogP contribution in [0.15, 0.2) is 0 Å². The van der Waals surface area contributed by atoms with Crippen molar-refractivity contribution in [3.8, 4) is 0 Å². The van der Waals surface area contributed by atoms with Crippen LogP contribution < -0.4 is 5.32 Å². The van der Waals surface area contributed by atoms with Crippen molar-refractivity contribution in [2.75, 3.05) is 12.3 Å². The Bertz CT molecular complexity index is 225. The summed E-state index contributed by atoms with van der Waals surface area (Å²) >= 11 is 7.32. The second kappa shape index (κ2) is 17.8. The van der Waals surface area contributed by atoms with Gasteiger partial charge in [-0.05, 0) is 24.7 Å². The van der Waals surface area contributed by atoms with Gasteiger partial charge in [0.05, 0.1) is 0 Å². The van der Waals surface area contributed by atoms with Gasteiger partial charge < -0.3 is 8.17 Å². The van der Waals surface area contributed by atoms with Gasteiger partial charge in [0.2, 0.25) is 0 Å². The van der Waals surface area contributed by atoms with E-state index in [0.29, 0.717) is 0 Å². The molecule has 0 spiro atoms. The Morgan fingerprint density at radius 1 is 1.00 bits per heavy atom. The van der Waals surface area contributed by atoms with Gasteiger partial charge in [-0.3, -0.25) is 0 Å². The van der Waals surface area contributed by atoms with E-state index in [1.807, 2.05) is 11.8 Å². The zero-order chi connectivity index (χ0) is 15.2. The van der Waals surface area contributed by atoms with Crippen molar-refractivity contribution in [2.45, 2.75) is 79.1 Å². The van der Waals surface area contributed by atoms with Gasteiger partial charge in [-0.1, -0.05) is 90.2 Å². The van der Waals surface area contributed by atoms with Crippen LogP contribution in [0.25, 0.3) is 0 Å². The molecule has 0 bridgehead atoms. The number of nitrogens with one attached hydrogen (secondary N) is 1. The fourth-order valence-corrected chi connectivity index (χ4v) is 3.58. The third-order valence-electron chi connectivity index (χ3n) is 4.07. The van der Waals surface area contributed by atoms with Gasteiger partial charge in [0, 0.05) is 12.3 Å². The minimum absolute atomic E-state index is 0. The van der Waals surface area contributed by atoms with E-state index < -0.39 is 0 Å². The summed E-state index contributed by atoms with van der Waals surface area (Å²) < 4.78 is 1.01. The fourth-order valence-electron chi connectivity index (χ4n) is 2.31. The first kappa shape index (κ1) is 24.7. The molecule has 2 unspecified atom stereocenters. The molecule has 0 saturated carbocycles. The average Bonchev–Trinajstić information content (AvgIpc) is 2.47. The standard InChI is InChI=1S/C17H35NS2.Ca.2H/c1-5-9-11-15(7-3)13-18-17(19)20-14-16(8-4)12-10-6-2;;;/h15-16H,5-14H2,1-4H3,(H,18,19);;;/q;+2;2*-1. The van der Waals surface area contributed by atoms with Crippen LogP contribution in [0, 0.1) is 11.8 Å². The molecule has 0 aromatic heterocycles. The number of hydrogen-bond donors (Lipinski definition) is 1. The summed E-state index contributed by atoms with van der Waals surface area (Å²) in [4.78, 5) is 0. The van der Waals surface area contributed by atoms with Gasteiger partial charge in [0.25, 0.3) is 0 Å². The SMILES string of the molecule is CCCCC(CC)CNC(=S)SCC(CC)CCCC.[Ca+2].[H-].[H-]. The zero-order valence-corrected chi connectivity index (χ0v) is 18.6. The largest absolute Gasteiger partial charge is 2.00 e. The number of thioether (sulfide) groups is 1. The number of unbranched alkanes of at least 4 members (excludes halogenated alkanes) is 2. The third-order valence-corrected chi connectivity index (χ3v) is 5.61. The fraction of sp³-hybridized carbons (Fsp3) is 0.941. The molecule has 4 heteroatoms. The summed E-state index contributed by atoms with van der Waals surface area (Å²) in [6, 6.07) is 0. The maximum atomic E-state index is 5.46. The molecule has 0 radical (unpaired) electrons. The van der Waals surface area contributed by atoms with E-state index in [2.05, 4.69) is 33.0 Å². The molecule has 0 aliphatic rings. The summed E-state index contributed by atoms with van der Waals surface area (Å²) in [5, 5.41) is 3.47. The van der Waals surface area contributed by atoms with Crippen LogP contribution in [0.2, 0.25) is 0 Å². The van der Waals surface area contributed by atoms with E-state index in [9.17, 15) is 0 Å². The summed E-state index contributed by atoms with van der Waals surface area (Å²) in [6.07, 6.45) is 10.5. The van der Waals surface area contributed by atoms with Crippen LogP contribution >= 0.6 is 24.0 Å². The number of rotatable bonds is 12. The first-order chi connectivity index (χ1) is 9.67. The van der Waals surface area contributed by atoms with Crippen molar-refractivity contribution in [1.29, 1.82) is 0 Å². The predicted octanol–water partition coefficient (Wildman–Crippen LogP) is 5.87. The van der Waals surface area contributed by atoms with Crippen LogP contribution in [0.1, 0.15) is 81.9 Å². The van der Waals surface area contributed by atoms with Crippen LogP contribution in [0.4, 0.5) is 0 Å². The molecule has 1 nitrogen and oxygen atoms in total. The van der Waals surface area contributed by atoms with E-state index in [1.165, 1.54) is 57.1 Å². The number of hydrogen-bond acceptors (Lipinski definition) is 2. The van der Waals surface area contributed by atoms with Crippen molar-refractivity contribution in [1.82, 2.24) is 5.32 Å². The van der Waals surface area contributed by atoms with Crippen molar-refractivity contribution in [2.24, 2.45) is 11.8 Å². The third kappa shape index (κ3) is 14.8. The summed E-state index contributed by atoms with van der Waals surface area (Å²) in [5.74, 6) is 2.81. The van der Waals surface area contributed by atoms with Gasteiger partial charge in [-0.25, -0.2) is 0 Å². The first-order valence-corrected chi connectivity index (χ1v) is 9.97. The summed E-state index contributed by atoms with van der Waals surface area (Å²) in [7, 11) is 0. The summed E-state index contributed by atoms with van der Waals surface area (Å²) in [5.41, 5.74) is 0. The summed E-state index contributed by atoms with van der Waals surface area (Å²) in [6.45, 7) is 10.2. The Morgan fingerprint density at radius 2 is 1.52 bits per heavy atom. The second-order valence-corrected chi connectivity index (χ2v) is 7.51. The molecule has 0 aliphatic heterocycles. The van der Waals surface area contributed by atoms with Gasteiger partial charge in [-0.15, -0.1) is 0 Å². The molecule has 0 heterocycles. The molecule has 21 heavy (non-hydrogen) atoms. The van der Waals surface area contributed by atoms with Crippen LogP contribution in [0.3, 0.4) is 0 Å². The van der Waals surface area contributed by atoms with Gasteiger partial charge >= 0.3 is 37.7 Å². The molecular weight excluding hydrogens is 322 g/mol. The topological polar surface area (TPSA) is 12.0 Å². The average molecular weight is 360 g/mol. The van der Waals surface area contributed by atoms with E-state index in [-0.39, 0.29) is 40.6 Å². The Balaban J connectivity index is -0.000000602. The maximum absolute atomic E-state index is 5.46. The molecule has 1 N–H and O–H groups in total. The quantitative estimate of drug-likeness (QED) is 0.345. The minimum atomic E-state index is 0. The number of thiocarbonyl (C=S) groups is 1. The monoisotopic (exact) mass is 359 g/mol. The first-order valence-electron chi connectivity index (χ1n) is 8.58. The Morgan fingerprint density at radius 3 is 2.00 bits per heavy atom. The molecule has 0 aromatic rings. The van der Waals surface area contributed by atoms with Crippen LogP contribution in [-0.2, 0) is 0 Å². The van der Waals surface area contributed by atoms with Gasteiger partial charge in [0.1, 0.15) is 4.32 Å². The minimum Gasteiger partial charge on any atom is -1.00 e. The Hall–Kier alpha value is 1.50. The van der Waals surface area contributed by atoms with E-state index in [0.717, 1.165) is 22.7 Å². The second-order valence-electron chi connectivity index (χ2n) is 5.81. The van der Waals surface area contributed by atoms with Crippen molar-refractivity contribution < 1.29 is 2.85 Å². The molecule has 0 rings (SSSR count). The molecule has 0 saturated heterocycles. The van der Waals surface area contributed by atoms with Crippen LogP contribution in [-0.4, -0.2) is 54.4 Å². The van der Waals surface area contributed by atoms with Crippen molar-refractivity contribution in [3.63, 3.8) is 0 Å². The Kier molecular flexibility index (Phi) is 21.0. The normalized spacial score (nSPS) is 13.3. The molecule has 0 aliphatic carbocycles. The molecule has 0 aromatic carbocycles. The van der Waals surface area contributed by atoms with E-state index in [4.69, 9.17) is 12.2 Å². The van der Waals surface area contributed by atoms with Crippen LogP contribution in [0.5, 0.6) is 0 Å². The van der Waals surface area contributed by atoms with Gasteiger partial charge in [0.15, 0.2) is 0 Å². The van der Waals surface area contributed by atoms with E-state index >= 15 is 0 Å². The maximum Gasteiger partial charge on any atom is 2.00 e. The molecule has 124 valence electrons. The van der Waals surface area contributed by atoms with Gasteiger partial charge in [-0.2, -0.15) is 0 Å². The smallest absolute Gasteiger partial charge is 1.00 e.